The number of carboxylic acid groups (broad SMARTS) is 1. The Kier molecular flexibility index (Phi) is 4.29. The number of carboxylic acids is 1. The lowest BCUT2D eigenvalue weighted by Crippen LogP contribution is -2.44. The number of sulfonamides is 1. The molecule has 0 amide bonds. The molecule has 1 heterocycles. The minimum Gasteiger partial charge on any atom is -0.480 e. The van der Waals surface area contributed by atoms with Gasteiger partial charge in [-0.25, -0.2) is 13.1 Å². The summed E-state index contributed by atoms with van der Waals surface area (Å²) in [5, 5.41) is 13.4. The molecular weight excluding hydrogens is 296 g/mol. The summed E-state index contributed by atoms with van der Waals surface area (Å²) in [6.45, 7) is 3.26. The molecule has 0 saturated carbocycles. The number of hydrogen-bond acceptors (Lipinski definition) is 5. The Bertz CT molecular complexity index is 751. The fraction of sp³-hybridized carbons (Fsp3) is 0.385. The van der Waals surface area contributed by atoms with E-state index in [0.29, 0.717) is 11.0 Å². The first-order valence-corrected chi connectivity index (χ1v) is 8.01. The van der Waals surface area contributed by atoms with Gasteiger partial charge in [0.1, 0.15) is 17.5 Å². The predicted molar refractivity (Wildman–Crippen MR) is 76.0 cm³/mol. The van der Waals surface area contributed by atoms with Crippen molar-refractivity contribution in [3.63, 3.8) is 0 Å². The molecule has 2 aromatic rings. The first-order chi connectivity index (χ1) is 9.80. The van der Waals surface area contributed by atoms with Crippen LogP contribution in [-0.4, -0.2) is 30.7 Å². The predicted octanol–water partition coefficient (Wildman–Crippen LogP) is 1.36. The lowest BCUT2D eigenvalue weighted by Gasteiger charge is -2.17. The van der Waals surface area contributed by atoms with Gasteiger partial charge >= 0.3 is 5.97 Å². The highest BCUT2D eigenvalue weighted by Gasteiger charge is 2.28. The third kappa shape index (κ3) is 3.59. The Morgan fingerprint density at radius 1 is 1.38 bits per heavy atom. The first-order valence-electron chi connectivity index (χ1n) is 6.36. The maximum Gasteiger partial charge on any atom is 0.321 e. The summed E-state index contributed by atoms with van der Waals surface area (Å²) in [6.07, 6.45) is 0. The monoisotopic (exact) mass is 312 g/mol. The number of fused-ring (bicyclic) bond motifs is 1. The van der Waals surface area contributed by atoms with E-state index in [4.69, 9.17) is 9.63 Å². The molecule has 0 bridgehead atoms. The second kappa shape index (κ2) is 5.82. The van der Waals surface area contributed by atoms with Crippen LogP contribution in [-0.2, 0) is 20.6 Å². The van der Waals surface area contributed by atoms with Crippen LogP contribution >= 0.6 is 0 Å². The van der Waals surface area contributed by atoms with Crippen LogP contribution in [0.1, 0.15) is 19.5 Å². The van der Waals surface area contributed by atoms with Crippen LogP contribution in [0, 0.1) is 5.92 Å². The van der Waals surface area contributed by atoms with Gasteiger partial charge in [-0.15, -0.1) is 0 Å². The molecule has 114 valence electrons. The topological polar surface area (TPSA) is 110 Å². The maximum atomic E-state index is 12.1. The van der Waals surface area contributed by atoms with Gasteiger partial charge in [0, 0.05) is 5.39 Å². The van der Waals surface area contributed by atoms with Crippen molar-refractivity contribution in [3.05, 3.63) is 30.0 Å². The number of aliphatic carboxylic acids is 1. The van der Waals surface area contributed by atoms with E-state index in [1.807, 2.05) is 0 Å². The Hall–Kier alpha value is -1.93. The number of rotatable bonds is 6. The van der Waals surface area contributed by atoms with Crippen molar-refractivity contribution in [1.82, 2.24) is 9.88 Å². The molecule has 0 saturated heterocycles. The SMILES string of the molecule is CC(C)C(NS(=O)(=O)Cc1noc2ccccc12)C(=O)O. The fourth-order valence-corrected chi connectivity index (χ4v) is 3.34. The van der Waals surface area contributed by atoms with Crippen molar-refractivity contribution < 1.29 is 22.8 Å². The second-order valence-corrected chi connectivity index (χ2v) is 6.82. The van der Waals surface area contributed by atoms with E-state index in [-0.39, 0.29) is 11.6 Å². The van der Waals surface area contributed by atoms with Crippen LogP contribution in [0.25, 0.3) is 11.0 Å². The number of nitrogens with zero attached hydrogens (tertiary/aromatic N) is 1. The summed E-state index contributed by atoms with van der Waals surface area (Å²) in [6, 6.07) is 5.71. The smallest absolute Gasteiger partial charge is 0.321 e. The highest BCUT2D eigenvalue weighted by molar-refractivity contribution is 7.88. The Morgan fingerprint density at radius 2 is 2.05 bits per heavy atom. The normalized spacial score (nSPS) is 13.7. The third-order valence-electron chi connectivity index (χ3n) is 3.02. The molecule has 1 atom stereocenters. The zero-order valence-electron chi connectivity index (χ0n) is 11.6. The molecule has 1 aromatic heterocycles. The van der Waals surface area contributed by atoms with Crippen LogP contribution < -0.4 is 4.72 Å². The summed E-state index contributed by atoms with van der Waals surface area (Å²) >= 11 is 0. The van der Waals surface area contributed by atoms with Crippen molar-refractivity contribution >= 4 is 27.0 Å². The van der Waals surface area contributed by atoms with Crippen LogP contribution in [0.4, 0.5) is 0 Å². The molecule has 0 radical (unpaired) electrons. The van der Waals surface area contributed by atoms with E-state index in [9.17, 15) is 13.2 Å². The summed E-state index contributed by atoms with van der Waals surface area (Å²) < 4.78 is 31.4. The average molecular weight is 312 g/mol. The molecule has 2 rings (SSSR count). The van der Waals surface area contributed by atoms with Crippen LogP contribution in [0.15, 0.2) is 28.8 Å². The van der Waals surface area contributed by atoms with E-state index < -0.39 is 27.8 Å². The van der Waals surface area contributed by atoms with Gasteiger partial charge in [0.25, 0.3) is 0 Å². The van der Waals surface area contributed by atoms with E-state index in [2.05, 4.69) is 9.88 Å². The van der Waals surface area contributed by atoms with E-state index in [1.54, 1.807) is 38.1 Å². The molecule has 0 aliphatic heterocycles. The number of hydrogen-bond donors (Lipinski definition) is 2. The van der Waals surface area contributed by atoms with Crippen molar-refractivity contribution in [2.75, 3.05) is 0 Å². The minimum atomic E-state index is -3.84. The van der Waals surface area contributed by atoms with Crippen LogP contribution in [0.3, 0.4) is 0 Å². The lowest BCUT2D eigenvalue weighted by atomic mass is 10.1. The second-order valence-electron chi connectivity index (χ2n) is 5.06. The molecular formula is C13H16N2O5S. The molecule has 21 heavy (non-hydrogen) atoms. The zero-order valence-corrected chi connectivity index (χ0v) is 12.4. The highest BCUT2D eigenvalue weighted by Crippen LogP contribution is 2.19. The number of benzene rings is 1. The van der Waals surface area contributed by atoms with Gasteiger partial charge in [-0.3, -0.25) is 4.79 Å². The van der Waals surface area contributed by atoms with Crippen LogP contribution in [0.5, 0.6) is 0 Å². The molecule has 0 aliphatic carbocycles. The first kappa shape index (κ1) is 15.5. The fourth-order valence-electron chi connectivity index (χ4n) is 1.93. The Balaban J connectivity index is 2.23. The average Bonchev–Trinajstić information content (AvgIpc) is 2.78. The number of carbonyl (C=O) groups is 1. The summed E-state index contributed by atoms with van der Waals surface area (Å²) in [4.78, 5) is 11.1. The lowest BCUT2D eigenvalue weighted by molar-refractivity contribution is -0.140. The van der Waals surface area contributed by atoms with Crippen molar-refractivity contribution in [1.29, 1.82) is 0 Å². The summed E-state index contributed by atoms with van der Waals surface area (Å²) in [7, 11) is -3.84. The molecule has 0 spiro atoms. The van der Waals surface area contributed by atoms with Gasteiger partial charge in [-0.1, -0.05) is 31.1 Å². The number of aromatic nitrogens is 1. The Morgan fingerprint density at radius 3 is 2.67 bits per heavy atom. The van der Waals surface area contributed by atoms with Gasteiger partial charge in [-0.05, 0) is 18.1 Å². The summed E-state index contributed by atoms with van der Waals surface area (Å²) in [5.41, 5.74) is 0.743. The molecule has 2 N–H and O–H groups in total. The zero-order chi connectivity index (χ0) is 15.6. The quantitative estimate of drug-likeness (QED) is 0.833. The molecule has 1 unspecified atom stereocenters. The van der Waals surface area contributed by atoms with Crippen molar-refractivity contribution in [2.24, 2.45) is 5.92 Å². The summed E-state index contributed by atoms with van der Waals surface area (Å²) in [5.74, 6) is -2.01. The van der Waals surface area contributed by atoms with Gasteiger partial charge in [-0.2, -0.15) is 0 Å². The van der Waals surface area contributed by atoms with Crippen LogP contribution in [0.2, 0.25) is 0 Å². The van der Waals surface area contributed by atoms with Gasteiger partial charge < -0.3 is 9.63 Å². The number of nitrogens with one attached hydrogen (secondary N) is 1. The standard InChI is InChI=1S/C13H16N2O5S/c1-8(2)12(13(16)17)15-21(18,19)7-10-9-5-3-4-6-11(9)20-14-10/h3-6,8,12,15H,7H2,1-2H3,(H,16,17). The third-order valence-corrected chi connectivity index (χ3v) is 4.28. The van der Waals surface area contributed by atoms with Gasteiger partial charge in [0.15, 0.2) is 5.58 Å². The largest absolute Gasteiger partial charge is 0.480 e. The van der Waals surface area contributed by atoms with Crippen molar-refractivity contribution in [3.8, 4) is 0 Å². The van der Waals surface area contributed by atoms with Crippen molar-refractivity contribution in [2.45, 2.75) is 25.6 Å². The molecule has 0 aliphatic rings. The van der Waals surface area contributed by atoms with E-state index in [0.717, 1.165) is 0 Å². The molecule has 7 nitrogen and oxygen atoms in total. The number of para-hydroxylation sites is 1. The maximum absolute atomic E-state index is 12.1. The van der Waals surface area contributed by atoms with Gasteiger partial charge in [0.05, 0.1) is 0 Å². The highest BCUT2D eigenvalue weighted by atomic mass is 32.2. The van der Waals surface area contributed by atoms with E-state index >= 15 is 0 Å². The van der Waals surface area contributed by atoms with Gasteiger partial charge in [0.2, 0.25) is 10.0 Å². The molecule has 1 aromatic carbocycles. The molecule has 0 fully saturated rings. The van der Waals surface area contributed by atoms with E-state index in [1.165, 1.54) is 0 Å². The minimum absolute atomic E-state index is 0.256. The molecule has 8 heteroatoms. The Labute approximate surface area is 122 Å².